The maximum atomic E-state index is 12.6. The normalized spacial score (nSPS) is 19.0. The number of halogens is 2. The largest absolute Gasteiger partial charge is 0.347 e. The molecule has 1 unspecified atom stereocenters. The molecule has 5 nitrogen and oxygen atoms in total. The van der Waals surface area contributed by atoms with Gasteiger partial charge in [-0.05, 0) is 50.4 Å². The fourth-order valence-electron chi connectivity index (χ4n) is 3.47. The van der Waals surface area contributed by atoms with Crippen LogP contribution in [0.1, 0.15) is 34.6 Å². The Balaban J connectivity index is 0.00000169. The van der Waals surface area contributed by atoms with Crippen molar-refractivity contribution >= 4 is 34.2 Å². The molecule has 128 valence electrons. The molecule has 1 aliphatic carbocycles. The molecule has 2 heterocycles. The lowest BCUT2D eigenvalue weighted by molar-refractivity contribution is 0.0933. The molecular formula is C17H20BrClN4O. The topological polar surface area (TPSA) is 59.0 Å². The van der Waals surface area contributed by atoms with Crippen LogP contribution in [0.3, 0.4) is 0 Å². The molecule has 0 radical (unpaired) electrons. The van der Waals surface area contributed by atoms with Gasteiger partial charge in [-0.3, -0.25) is 4.79 Å². The first kappa shape index (κ1) is 17.5. The van der Waals surface area contributed by atoms with Crippen LogP contribution in [0.25, 0.3) is 5.69 Å². The van der Waals surface area contributed by atoms with Crippen LogP contribution in [-0.4, -0.2) is 34.8 Å². The standard InChI is InChI=1S/C17H19BrN4O.ClH/c18-11-3-1-4-13(9-11)22-15-6-2-5-14(15)16(21-22)17(23)20-12-7-8-19-10-12;/h1,3-4,9,12,19H,2,5-8,10H2,(H,20,23);1H. The van der Waals surface area contributed by atoms with Gasteiger partial charge in [0, 0.05) is 28.3 Å². The second-order valence-corrected chi connectivity index (χ2v) is 7.10. The highest BCUT2D eigenvalue weighted by Crippen LogP contribution is 2.28. The van der Waals surface area contributed by atoms with E-state index in [1.165, 1.54) is 5.69 Å². The Hall–Kier alpha value is -1.37. The van der Waals surface area contributed by atoms with Crippen LogP contribution in [0.15, 0.2) is 28.7 Å². The molecule has 0 spiro atoms. The highest BCUT2D eigenvalue weighted by atomic mass is 79.9. The molecule has 1 aliphatic heterocycles. The zero-order valence-electron chi connectivity index (χ0n) is 13.2. The Labute approximate surface area is 155 Å². The van der Waals surface area contributed by atoms with E-state index in [0.29, 0.717) is 5.69 Å². The smallest absolute Gasteiger partial charge is 0.272 e. The van der Waals surface area contributed by atoms with E-state index in [-0.39, 0.29) is 24.4 Å². The summed E-state index contributed by atoms with van der Waals surface area (Å²) in [6.07, 6.45) is 3.99. The molecule has 1 aromatic carbocycles. The Bertz CT molecular complexity index is 755. The Morgan fingerprint density at radius 1 is 1.38 bits per heavy atom. The van der Waals surface area contributed by atoms with Crippen LogP contribution in [0, 0.1) is 0 Å². The number of fused-ring (bicyclic) bond motifs is 1. The van der Waals surface area contributed by atoms with Gasteiger partial charge in [-0.2, -0.15) is 5.10 Å². The number of nitrogens with zero attached hydrogens (tertiary/aromatic N) is 2. The minimum atomic E-state index is -0.0365. The van der Waals surface area contributed by atoms with Gasteiger partial charge in [-0.25, -0.2) is 4.68 Å². The SMILES string of the molecule is Cl.O=C(NC1CCNC1)c1nn(-c2cccc(Br)c2)c2c1CCC2. The van der Waals surface area contributed by atoms with Gasteiger partial charge in [-0.1, -0.05) is 22.0 Å². The minimum Gasteiger partial charge on any atom is -0.347 e. The average Bonchev–Trinajstić information content (AvgIpc) is 3.24. The first-order valence-electron chi connectivity index (χ1n) is 8.10. The third-order valence-electron chi connectivity index (χ3n) is 4.59. The van der Waals surface area contributed by atoms with E-state index in [4.69, 9.17) is 0 Å². The van der Waals surface area contributed by atoms with Gasteiger partial charge in [0.15, 0.2) is 5.69 Å². The van der Waals surface area contributed by atoms with Gasteiger partial charge in [0.2, 0.25) is 0 Å². The number of benzene rings is 1. The van der Waals surface area contributed by atoms with E-state index in [0.717, 1.165) is 54.5 Å². The number of hydrogen-bond acceptors (Lipinski definition) is 3. The molecule has 1 saturated heterocycles. The average molecular weight is 412 g/mol. The van der Waals surface area contributed by atoms with Crippen molar-refractivity contribution in [2.24, 2.45) is 0 Å². The zero-order valence-corrected chi connectivity index (χ0v) is 15.6. The molecular weight excluding hydrogens is 392 g/mol. The molecule has 0 saturated carbocycles. The lowest BCUT2D eigenvalue weighted by Crippen LogP contribution is -2.36. The second-order valence-electron chi connectivity index (χ2n) is 6.18. The van der Waals surface area contributed by atoms with Crippen molar-refractivity contribution in [1.29, 1.82) is 0 Å². The predicted octanol–water partition coefficient (Wildman–Crippen LogP) is 2.64. The molecule has 2 aliphatic rings. The summed E-state index contributed by atoms with van der Waals surface area (Å²) in [6, 6.07) is 8.27. The Kier molecular flexibility index (Phi) is 5.27. The lowest BCUT2D eigenvalue weighted by atomic mass is 10.1. The van der Waals surface area contributed by atoms with Crippen LogP contribution in [0.2, 0.25) is 0 Å². The van der Waals surface area contributed by atoms with Gasteiger partial charge in [0.25, 0.3) is 5.91 Å². The maximum absolute atomic E-state index is 12.6. The highest BCUT2D eigenvalue weighted by Gasteiger charge is 2.28. The Morgan fingerprint density at radius 2 is 2.25 bits per heavy atom. The number of carbonyl (C=O) groups excluding carboxylic acids is 1. The van der Waals surface area contributed by atoms with Crippen molar-refractivity contribution in [1.82, 2.24) is 20.4 Å². The van der Waals surface area contributed by atoms with E-state index in [9.17, 15) is 4.79 Å². The van der Waals surface area contributed by atoms with E-state index in [1.807, 2.05) is 28.9 Å². The molecule has 0 bridgehead atoms. The van der Waals surface area contributed by atoms with Crippen molar-refractivity contribution in [3.63, 3.8) is 0 Å². The molecule has 24 heavy (non-hydrogen) atoms. The van der Waals surface area contributed by atoms with E-state index in [2.05, 4.69) is 31.7 Å². The third-order valence-corrected chi connectivity index (χ3v) is 5.09. The van der Waals surface area contributed by atoms with Crippen molar-refractivity contribution in [3.05, 3.63) is 45.7 Å². The van der Waals surface area contributed by atoms with Crippen molar-refractivity contribution in [2.45, 2.75) is 31.7 Å². The number of aromatic nitrogens is 2. The first-order valence-corrected chi connectivity index (χ1v) is 8.90. The second kappa shape index (κ2) is 7.25. The van der Waals surface area contributed by atoms with Crippen LogP contribution in [0.4, 0.5) is 0 Å². The number of nitrogens with one attached hydrogen (secondary N) is 2. The number of carbonyl (C=O) groups is 1. The van der Waals surface area contributed by atoms with Gasteiger partial charge in [0.05, 0.1) is 5.69 Å². The van der Waals surface area contributed by atoms with Gasteiger partial charge in [-0.15, -0.1) is 12.4 Å². The number of amides is 1. The summed E-state index contributed by atoms with van der Waals surface area (Å²) in [4.78, 5) is 12.6. The van der Waals surface area contributed by atoms with Gasteiger partial charge in [0.1, 0.15) is 0 Å². The van der Waals surface area contributed by atoms with E-state index in [1.54, 1.807) is 0 Å². The van der Waals surface area contributed by atoms with Crippen LogP contribution in [-0.2, 0) is 12.8 Å². The summed E-state index contributed by atoms with van der Waals surface area (Å²) in [5.74, 6) is -0.0365. The molecule has 1 aromatic heterocycles. The number of rotatable bonds is 3. The quantitative estimate of drug-likeness (QED) is 0.816. The van der Waals surface area contributed by atoms with E-state index >= 15 is 0 Å². The minimum absolute atomic E-state index is 0. The zero-order chi connectivity index (χ0) is 15.8. The van der Waals surface area contributed by atoms with Crippen molar-refractivity contribution in [3.8, 4) is 5.69 Å². The molecule has 4 rings (SSSR count). The highest BCUT2D eigenvalue weighted by molar-refractivity contribution is 9.10. The molecule has 1 amide bonds. The summed E-state index contributed by atoms with van der Waals surface area (Å²) < 4.78 is 2.95. The van der Waals surface area contributed by atoms with Crippen LogP contribution in [0.5, 0.6) is 0 Å². The molecule has 2 aromatic rings. The van der Waals surface area contributed by atoms with Crippen LogP contribution >= 0.6 is 28.3 Å². The molecule has 1 fully saturated rings. The fourth-order valence-corrected chi connectivity index (χ4v) is 3.86. The summed E-state index contributed by atoms with van der Waals surface area (Å²) in [7, 11) is 0. The van der Waals surface area contributed by atoms with Crippen LogP contribution < -0.4 is 10.6 Å². The summed E-state index contributed by atoms with van der Waals surface area (Å²) in [5, 5.41) is 11.0. The predicted molar refractivity (Wildman–Crippen MR) is 99.3 cm³/mol. The first-order chi connectivity index (χ1) is 11.2. The van der Waals surface area contributed by atoms with Gasteiger partial charge >= 0.3 is 0 Å². The van der Waals surface area contributed by atoms with Crippen molar-refractivity contribution in [2.75, 3.05) is 13.1 Å². The molecule has 7 heteroatoms. The molecule has 2 N–H and O–H groups in total. The number of hydrogen-bond donors (Lipinski definition) is 2. The maximum Gasteiger partial charge on any atom is 0.272 e. The third kappa shape index (κ3) is 3.23. The monoisotopic (exact) mass is 410 g/mol. The Morgan fingerprint density at radius 3 is 3.00 bits per heavy atom. The summed E-state index contributed by atoms with van der Waals surface area (Å²) >= 11 is 3.51. The summed E-state index contributed by atoms with van der Waals surface area (Å²) in [5.41, 5.74) is 3.90. The van der Waals surface area contributed by atoms with Crippen molar-refractivity contribution < 1.29 is 4.79 Å². The summed E-state index contributed by atoms with van der Waals surface area (Å²) in [6.45, 7) is 1.82. The van der Waals surface area contributed by atoms with E-state index < -0.39 is 0 Å². The fraction of sp³-hybridized carbons (Fsp3) is 0.412. The molecule has 1 atom stereocenters. The lowest BCUT2D eigenvalue weighted by Gasteiger charge is -2.10. The van der Waals surface area contributed by atoms with Gasteiger partial charge < -0.3 is 10.6 Å².